The molecule has 0 aromatic carbocycles. The Morgan fingerprint density at radius 1 is 1.47 bits per heavy atom. The quantitative estimate of drug-likeness (QED) is 0.814. The molecule has 0 aliphatic carbocycles. The Hall–Kier alpha value is -0.610. The second-order valence-corrected chi connectivity index (χ2v) is 5.28. The maximum Gasteiger partial charge on any atom is 0.307 e. The number of carboxylic acids is 1. The first kappa shape index (κ1) is 12.8. The molecule has 2 aliphatic heterocycles. The molecule has 2 heterocycles. The fraction of sp³-hybridized carbons (Fsp3) is 0.923. The van der Waals surface area contributed by atoms with Gasteiger partial charge in [0, 0.05) is 19.2 Å². The summed E-state index contributed by atoms with van der Waals surface area (Å²) >= 11 is 0. The van der Waals surface area contributed by atoms with Crippen molar-refractivity contribution in [2.24, 2.45) is 5.92 Å². The van der Waals surface area contributed by atoms with E-state index < -0.39 is 5.97 Å². The highest BCUT2D eigenvalue weighted by molar-refractivity contribution is 5.70. The number of likely N-dealkylation sites (tertiary alicyclic amines) is 1. The van der Waals surface area contributed by atoms with Crippen molar-refractivity contribution in [3.63, 3.8) is 0 Å². The maximum absolute atomic E-state index is 10.9. The van der Waals surface area contributed by atoms with Gasteiger partial charge >= 0.3 is 5.97 Å². The van der Waals surface area contributed by atoms with Crippen molar-refractivity contribution in [2.45, 2.75) is 51.2 Å². The molecule has 4 nitrogen and oxygen atoms in total. The molecule has 2 fully saturated rings. The van der Waals surface area contributed by atoms with Gasteiger partial charge in [0.05, 0.1) is 12.0 Å². The summed E-state index contributed by atoms with van der Waals surface area (Å²) in [4.78, 5) is 13.3. The molecule has 98 valence electrons. The van der Waals surface area contributed by atoms with Crippen molar-refractivity contribution < 1.29 is 14.6 Å². The van der Waals surface area contributed by atoms with Crippen LogP contribution in [0.1, 0.15) is 39.0 Å². The van der Waals surface area contributed by atoms with Crippen LogP contribution in [-0.2, 0) is 9.53 Å². The number of hydrogen-bond donors (Lipinski definition) is 1. The molecule has 2 saturated heterocycles. The van der Waals surface area contributed by atoms with Gasteiger partial charge in [-0.15, -0.1) is 0 Å². The van der Waals surface area contributed by atoms with Gasteiger partial charge in [-0.05, 0) is 32.2 Å². The van der Waals surface area contributed by atoms with E-state index in [1.807, 2.05) is 0 Å². The Labute approximate surface area is 103 Å². The molecule has 0 radical (unpaired) electrons. The van der Waals surface area contributed by atoms with Crippen molar-refractivity contribution in [2.75, 3.05) is 19.7 Å². The third-order valence-corrected chi connectivity index (χ3v) is 4.04. The highest BCUT2D eigenvalue weighted by Gasteiger charge is 2.34. The summed E-state index contributed by atoms with van der Waals surface area (Å²) in [5, 5.41) is 9.01. The Balaban J connectivity index is 1.84. The zero-order valence-corrected chi connectivity index (χ0v) is 10.6. The van der Waals surface area contributed by atoms with Crippen LogP contribution in [0.5, 0.6) is 0 Å². The fourth-order valence-corrected chi connectivity index (χ4v) is 3.04. The van der Waals surface area contributed by atoms with Crippen molar-refractivity contribution in [3.05, 3.63) is 0 Å². The molecule has 2 aliphatic rings. The minimum atomic E-state index is -0.635. The molecular weight excluding hydrogens is 218 g/mol. The van der Waals surface area contributed by atoms with Crippen LogP contribution in [0.4, 0.5) is 0 Å². The van der Waals surface area contributed by atoms with Gasteiger partial charge in [-0.2, -0.15) is 0 Å². The van der Waals surface area contributed by atoms with Crippen molar-refractivity contribution in [1.82, 2.24) is 4.90 Å². The number of ether oxygens (including phenoxy) is 1. The smallest absolute Gasteiger partial charge is 0.307 e. The second-order valence-electron chi connectivity index (χ2n) is 5.28. The van der Waals surface area contributed by atoms with Crippen LogP contribution >= 0.6 is 0 Å². The lowest BCUT2D eigenvalue weighted by Crippen LogP contribution is -2.41. The molecule has 4 heteroatoms. The zero-order chi connectivity index (χ0) is 12.3. The third kappa shape index (κ3) is 3.19. The van der Waals surface area contributed by atoms with Gasteiger partial charge < -0.3 is 9.84 Å². The SMILES string of the molecule is CCCC1CC(N2CCC(C(=O)O)C2)CCO1. The third-order valence-electron chi connectivity index (χ3n) is 4.04. The molecule has 1 N–H and O–H groups in total. The van der Waals surface area contributed by atoms with E-state index in [0.29, 0.717) is 12.1 Å². The van der Waals surface area contributed by atoms with Crippen LogP contribution < -0.4 is 0 Å². The Morgan fingerprint density at radius 3 is 2.94 bits per heavy atom. The van der Waals surface area contributed by atoms with E-state index in [4.69, 9.17) is 9.84 Å². The first-order valence-corrected chi connectivity index (χ1v) is 6.79. The average molecular weight is 241 g/mol. The lowest BCUT2D eigenvalue weighted by molar-refractivity contribution is -0.141. The summed E-state index contributed by atoms with van der Waals surface area (Å²) in [5.74, 6) is -0.785. The highest BCUT2D eigenvalue weighted by Crippen LogP contribution is 2.27. The lowest BCUT2D eigenvalue weighted by atomic mass is 9.99. The fourth-order valence-electron chi connectivity index (χ4n) is 3.04. The van der Waals surface area contributed by atoms with E-state index in [1.54, 1.807) is 0 Å². The zero-order valence-electron chi connectivity index (χ0n) is 10.6. The van der Waals surface area contributed by atoms with Gasteiger partial charge in [-0.1, -0.05) is 13.3 Å². The number of carboxylic acid groups (broad SMARTS) is 1. The van der Waals surface area contributed by atoms with Crippen molar-refractivity contribution in [1.29, 1.82) is 0 Å². The number of aliphatic carboxylic acids is 1. The summed E-state index contributed by atoms with van der Waals surface area (Å²) in [7, 11) is 0. The minimum Gasteiger partial charge on any atom is -0.481 e. The summed E-state index contributed by atoms with van der Waals surface area (Å²) in [6, 6.07) is 0.546. The Morgan fingerprint density at radius 2 is 2.29 bits per heavy atom. The Bertz CT molecular complexity index is 267. The van der Waals surface area contributed by atoms with Crippen LogP contribution in [0.25, 0.3) is 0 Å². The van der Waals surface area contributed by atoms with Gasteiger partial charge in [-0.25, -0.2) is 0 Å². The standard InChI is InChI=1S/C13H23NO3/c1-2-3-12-8-11(5-7-17-12)14-6-4-10(9-14)13(15)16/h10-12H,2-9H2,1H3,(H,15,16). The molecule has 3 unspecified atom stereocenters. The average Bonchev–Trinajstić information content (AvgIpc) is 2.79. The molecule has 0 saturated carbocycles. The predicted octanol–water partition coefficient (Wildman–Crippen LogP) is 1.74. The van der Waals surface area contributed by atoms with Gasteiger partial charge in [0.25, 0.3) is 0 Å². The molecule has 0 aromatic heterocycles. The lowest BCUT2D eigenvalue weighted by Gasteiger charge is -2.35. The maximum atomic E-state index is 10.9. The number of carbonyl (C=O) groups is 1. The van der Waals surface area contributed by atoms with Crippen LogP contribution in [0.15, 0.2) is 0 Å². The topological polar surface area (TPSA) is 49.8 Å². The highest BCUT2D eigenvalue weighted by atomic mass is 16.5. The van der Waals surface area contributed by atoms with Gasteiger partial charge in [0.1, 0.15) is 0 Å². The van der Waals surface area contributed by atoms with Gasteiger partial charge in [0.15, 0.2) is 0 Å². The van der Waals surface area contributed by atoms with Crippen LogP contribution in [-0.4, -0.2) is 47.8 Å². The Kier molecular flexibility index (Phi) is 4.40. The summed E-state index contributed by atoms with van der Waals surface area (Å²) in [5.41, 5.74) is 0. The normalized spacial score (nSPS) is 35.0. The molecule has 0 spiro atoms. The first-order valence-electron chi connectivity index (χ1n) is 6.79. The summed E-state index contributed by atoms with van der Waals surface area (Å²) in [6.07, 6.45) is 5.64. The van der Waals surface area contributed by atoms with Crippen LogP contribution in [0, 0.1) is 5.92 Å². The first-order chi connectivity index (χ1) is 8.20. The van der Waals surface area contributed by atoms with Crippen LogP contribution in [0.3, 0.4) is 0 Å². The summed E-state index contributed by atoms with van der Waals surface area (Å²) in [6.45, 7) is 4.70. The molecule has 3 atom stereocenters. The number of nitrogens with zero attached hydrogens (tertiary/aromatic N) is 1. The van der Waals surface area contributed by atoms with E-state index in [-0.39, 0.29) is 5.92 Å². The van der Waals surface area contributed by atoms with E-state index in [9.17, 15) is 4.79 Å². The van der Waals surface area contributed by atoms with E-state index in [1.165, 1.54) is 0 Å². The molecule has 17 heavy (non-hydrogen) atoms. The number of rotatable bonds is 4. The van der Waals surface area contributed by atoms with Gasteiger partial charge in [0.2, 0.25) is 0 Å². The largest absolute Gasteiger partial charge is 0.481 e. The summed E-state index contributed by atoms with van der Waals surface area (Å²) < 4.78 is 5.74. The van der Waals surface area contributed by atoms with E-state index >= 15 is 0 Å². The van der Waals surface area contributed by atoms with E-state index in [0.717, 1.165) is 51.8 Å². The van der Waals surface area contributed by atoms with Crippen molar-refractivity contribution >= 4 is 5.97 Å². The number of hydrogen-bond acceptors (Lipinski definition) is 3. The van der Waals surface area contributed by atoms with E-state index in [2.05, 4.69) is 11.8 Å². The molecule has 0 amide bonds. The van der Waals surface area contributed by atoms with Crippen LogP contribution in [0.2, 0.25) is 0 Å². The molecular formula is C13H23NO3. The molecule has 0 bridgehead atoms. The van der Waals surface area contributed by atoms with Gasteiger partial charge in [-0.3, -0.25) is 9.69 Å². The minimum absolute atomic E-state index is 0.150. The molecule has 2 rings (SSSR count). The second kappa shape index (κ2) is 5.83. The van der Waals surface area contributed by atoms with Crippen molar-refractivity contribution in [3.8, 4) is 0 Å². The monoisotopic (exact) mass is 241 g/mol. The molecule has 0 aromatic rings. The predicted molar refractivity (Wildman–Crippen MR) is 65.0 cm³/mol.